The Morgan fingerprint density at radius 2 is 1.70 bits per heavy atom. The first-order chi connectivity index (χ1) is 10.9. The summed E-state index contributed by atoms with van der Waals surface area (Å²) < 4.78 is 39.1. The van der Waals surface area contributed by atoms with Crippen molar-refractivity contribution in [2.45, 2.75) is 19.3 Å². The molecule has 0 aliphatic heterocycles. The Morgan fingerprint density at radius 3 is 2.26 bits per heavy atom. The molecular formula is C15H18N2O5S. The average Bonchev–Trinajstić information content (AvgIpc) is 2.52. The van der Waals surface area contributed by atoms with Crippen LogP contribution in [0, 0.1) is 6.92 Å². The van der Waals surface area contributed by atoms with Crippen LogP contribution in [0.1, 0.15) is 17.0 Å². The summed E-state index contributed by atoms with van der Waals surface area (Å²) in [6, 6.07) is 8.72. The zero-order chi connectivity index (χ0) is 16.9. The molecule has 0 N–H and O–H groups in total. The smallest absolute Gasteiger partial charge is 0.271 e. The molecule has 0 radical (unpaired) electrons. The maximum Gasteiger partial charge on any atom is 0.271 e. The Balaban J connectivity index is 2.07. The minimum Gasteiger partial charge on any atom is -0.481 e. The molecule has 2 rings (SSSR count). The van der Waals surface area contributed by atoms with Gasteiger partial charge in [0.2, 0.25) is 11.8 Å². The summed E-state index contributed by atoms with van der Waals surface area (Å²) in [4.78, 5) is 8.04. The van der Waals surface area contributed by atoms with Crippen molar-refractivity contribution < 1.29 is 22.1 Å². The summed E-state index contributed by atoms with van der Waals surface area (Å²) in [5.41, 5.74) is 1.65. The van der Waals surface area contributed by atoms with Crippen LogP contribution in [0.2, 0.25) is 0 Å². The molecule has 0 aliphatic carbocycles. The van der Waals surface area contributed by atoms with Gasteiger partial charge >= 0.3 is 0 Å². The number of hydrogen-bond donors (Lipinski definition) is 0. The summed E-state index contributed by atoms with van der Waals surface area (Å²) in [5.74, 6) is 0.488. The SMILES string of the molecule is COc1cc(OC)nc(COS(=O)(=O)Cc2cccc(C)c2)n1. The van der Waals surface area contributed by atoms with E-state index in [9.17, 15) is 8.42 Å². The van der Waals surface area contributed by atoms with Gasteiger partial charge in [0.25, 0.3) is 10.1 Å². The highest BCUT2D eigenvalue weighted by Crippen LogP contribution is 2.16. The lowest BCUT2D eigenvalue weighted by molar-refractivity contribution is 0.289. The van der Waals surface area contributed by atoms with E-state index in [0.717, 1.165) is 5.56 Å². The summed E-state index contributed by atoms with van der Waals surface area (Å²) >= 11 is 0. The molecular weight excluding hydrogens is 320 g/mol. The number of benzene rings is 1. The Hall–Kier alpha value is -2.19. The van der Waals surface area contributed by atoms with Gasteiger partial charge in [-0.3, -0.25) is 4.18 Å². The zero-order valence-corrected chi connectivity index (χ0v) is 14.0. The second-order valence-corrected chi connectivity index (χ2v) is 6.46. The summed E-state index contributed by atoms with van der Waals surface area (Å²) in [6.45, 7) is 1.61. The van der Waals surface area contributed by atoms with Crippen molar-refractivity contribution in [2.24, 2.45) is 0 Å². The maximum absolute atomic E-state index is 12.1. The molecule has 23 heavy (non-hydrogen) atoms. The average molecular weight is 338 g/mol. The zero-order valence-electron chi connectivity index (χ0n) is 13.1. The molecule has 1 aromatic heterocycles. The highest BCUT2D eigenvalue weighted by Gasteiger charge is 2.15. The van der Waals surface area contributed by atoms with Gasteiger partial charge in [0, 0.05) is 0 Å². The van der Waals surface area contributed by atoms with E-state index in [2.05, 4.69) is 9.97 Å². The molecule has 124 valence electrons. The van der Waals surface area contributed by atoms with E-state index < -0.39 is 10.1 Å². The fourth-order valence-corrected chi connectivity index (χ4v) is 2.87. The van der Waals surface area contributed by atoms with Crippen molar-refractivity contribution in [2.75, 3.05) is 14.2 Å². The second-order valence-electron chi connectivity index (χ2n) is 4.82. The molecule has 0 spiro atoms. The van der Waals surface area contributed by atoms with E-state index >= 15 is 0 Å². The van der Waals surface area contributed by atoms with Gasteiger partial charge in [0.15, 0.2) is 5.82 Å². The molecule has 1 aromatic carbocycles. The number of ether oxygens (including phenoxy) is 2. The molecule has 0 fully saturated rings. The Morgan fingerprint density at radius 1 is 1.04 bits per heavy atom. The summed E-state index contributed by atoms with van der Waals surface area (Å²) in [5, 5.41) is 0. The first-order valence-electron chi connectivity index (χ1n) is 6.80. The van der Waals surface area contributed by atoms with E-state index in [1.165, 1.54) is 20.3 Å². The van der Waals surface area contributed by atoms with Crippen LogP contribution in [0.15, 0.2) is 30.3 Å². The first kappa shape index (κ1) is 17.2. The van der Waals surface area contributed by atoms with Gasteiger partial charge in [-0.15, -0.1) is 0 Å². The standard InChI is InChI=1S/C15H18N2O5S/c1-11-5-4-6-12(7-11)10-23(18,19)22-9-13-16-14(20-2)8-15(17-13)21-3/h4-8H,9-10H2,1-3H3. The number of aromatic nitrogens is 2. The largest absolute Gasteiger partial charge is 0.481 e. The quantitative estimate of drug-likeness (QED) is 0.712. The molecule has 8 heteroatoms. The van der Waals surface area contributed by atoms with Gasteiger partial charge in [0.05, 0.1) is 20.3 Å². The summed E-state index contributed by atoms with van der Waals surface area (Å²) in [7, 11) is -0.860. The van der Waals surface area contributed by atoms with Gasteiger partial charge in [0.1, 0.15) is 12.4 Å². The van der Waals surface area contributed by atoms with Crippen molar-refractivity contribution in [3.8, 4) is 11.8 Å². The second kappa shape index (κ2) is 7.38. The van der Waals surface area contributed by atoms with Gasteiger partial charge in [-0.1, -0.05) is 29.8 Å². The first-order valence-corrected chi connectivity index (χ1v) is 8.38. The Labute approximate surface area is 135 Å². The van der Waals surface area contributed by atoms with Gasteiger partial charge in [-0.05, 0) is 12.5 Å². The van der Waals surface area contributed by atoms with Crippen molar-refractivity contribution in [3.63, 3.8) is 0 Å². The van der Waals surface area contributed by atoms with Crippen molar-refractivity contribution >= 4 is 10.1 Å². The van der Waals surface area contributed by atoms with Crippen LogP contribution in [-0.4, -0.2) is 32.6 Å². The lowest BCUT2D eigenvalue weighted by atomic mass is 10.2. The van der Waals surface area contributed by atoms with Crippen molar-refractivity contribution in [3.05, 3.63) is 47.3 Å². The molecule has 0 aliphatic rings. The maximum atomic E-state index is 12.1. The Kier molecular flexibility index (Phi) is 5.51. The van der Waals surface area contributed by atoms with Crippen molar-refractivity contribution in [1.29, 1.82) is 0 Å². The molecule has 0 amide bonds. The normalized spacial score (nSPS) is 11.3. The van der Waals surface area contributed by atoms with E-state index in [1.54, 1.807) is 18.2 Å². The lowest BCUT2D eigenvalue weighted by Crippen LogP contribution is -2.11. The molecule has 0 saturated carbocycles. The predicted octanol–water partition coefficient (Wildman–Crippen LogP) is 1.85. The summed E-state index contributed by atoms with van der Waals surface area (Å²) in [6.07, 6.45) is 0. The fraction of sp³-hybridized carbons (Fsp3) is 0.333. The number of rotatable bonds is 7. The minimum absolute atomic E-state index is 0.161. The highest BCUT2D eigenvalue weighted by molar-refractivity contribution is 7.85. The Bertz CT molecular complexity index is 755. The number of aryl methyl sites for hydroxylation is 1. The molecule has 0 saturated heterocycles. The van der Waals surface area contributed by atoms with Crippen LogP contribution in [-0.2, 0) is 26.7 Å². The van der Waals surface area contributed by atoms with Crippen LogP contribution in [0.4, 0.5) is 0 Å². The van der Waals surface area contributed by atoms with E-state index in [4.69, 9.17) is 13.7 Å². The molecule has 7 nitrogen and oxygen atoms in total. The third-order valence-electron chi connectivity index (χ3n) is 2.94. The topological polar surface area (TPSA) is 87.6 Å². The molecule has 1 heterocycles. The highest BCUT2D eigenvalue weighted by atomic mass is 32.2. The molecule has 0 atom stereocenters. The van der Waals surface area contributed by atoms with Crippen molar-refractivity contribution in [1.82, 2.24) is 9.97 Å². The number of nitrogens with zero attached hydrogens (tertiary/aromatic N) is 2. The molecule has 0 bridgehead atoms. The van der Waals surface area contributed by atoms with Crippen LogP contribution >= 0.6 is 0 Å². The fourth-order valence-electron chi connectivity index (χ4n) is 1.91. The monoisotopic (exact) mass is 338 g/mol. The van der Waals surface area contributed by atoms with Gasteiger partial charge < -0.3 is 9.47 Å². The molecule has 0 unspecified atom stereocenters. The van der Waals surface area contributed by atoms with Crippen LogP contribution in [0.5, 0.6) is 11.8 Å². The third kappa shape index (κ3) is 5.19. The minimum atomic E-state index is -3.75. The van der Waals surface area contributed by atoms with E-state index in [-0.39, 0.29) is 29.9 Å². The van der Waals surface area contributed by atoms with Gasteiger partial charge in [-0.25, -0.2) is 0 Å². The predicted molar refractivity (Wildman–Crippen MR) is 83.7 cm³/mol. The van der Waals surface area contributed by atoms with E-state index in [0.29, 0.717) is 5.56 Å². The number of methoxy groups -OCH3 is 2. The van der Waals surface area contributed by atoms with Crippen LogP contribution in [0.3, 0.4) is 0 Å². The third-order valence-corrected chi connectivity index (χ3v) is 4.10. The van der Waals surface area contributed by atoms with Gasteiger partial charge in [-0.2, -0.15) is 18.4 Å². The molecule has 2 aromatic rings. The van der Waals surface area contributed by atoms with Crippen LogP contribution in [0.25, 0.3) is 0 Å². The van der Waals surface area contributed by atoms with Crippen LogP contribution < -0.4 is 9.47 Å². The lowest BCUT2D eigenvalue weighted by Gasteiger charge is -2.08. The van der Waals surface area contributed by atoms with E-state index in [1.807, 2.05) is 13.0 Å². The number of hydrogen-bond acceptors (Lipinski definition) is 7.